The molecule has 0 radical (unpaired) electrons. The summed E-state index contributed by atoms with van der Waals surface area (Å²) in [5, 5.41) is 7.86. The summed E-state index contributed by atoms with van der Waals surface area (Å²) in [6.45, 7) is 0. The van der Waals surface area contributed by atoms with Gasteiger partial charge >= 0.3 is 12.2 Å². The second kappa shape index (κ2) is 9.40. The second-order valence-corrected chi connectivity index (χ2v) is 7.28. The molecule has 3 aromatic rings. The molecule has 0 aliphatic heterocycles. The van der Waals surface area contributed by atoms with Gasteiger partial charge < -0.3 is 20.7 Å². The Labute approximate surface area is 188 Å². The van der Waals surface area contributed by atoms with Gasteiger partial charge in [0.05, 0.1) is 15.1 Å². The summed E-state index contributed by atoms with van der Waals surface area (Å²) in [5.41, 5.74) is -0.599. The molecule has 0 atom stereocenters. The average molecular weight is 517 g/mol. The summed E-state index contributed by atoms with van der Waals surface area (Å²) >= 11 is 9.58. The van der Waals surface area contributed by atoms with Gasteiger partial charge in [-0.25, -0.2) is 14.8 Å². The average Bonchev–Trinajstić information content (AvgIpc) is 2.70. The van der Waals surface area contributed by atoms with Crippen LogP contribution in [0.4, 0.5) is 35.2 Å². The molecule has 31 heavy (non-hydrogen) atoms. The zero-order chi connectivity index (χ0) is 22.6. The summed E-state index contributed by atoms with van der Waals surface area (Å²) in [6.07, 6.45) is -3.20. The van der Waals surface area contributed by atoms with Crippen molar-refractivity contribution < 1.29 is 22.7 Å². The fourth-order valence-electron chi connectivity index (χ4n) is 2.43. The van der Waals surface area contributed by atoms with Crippen molar-refractivity contribution >= 4 is 50.8 Å². The van der Waals surface area contributed by atoms with E-state index in [4.69, 9.17) is 16.3 Å². The number of urea groups is 1. The van der Waals surface area contributed by atoms with Crippen molar-refractivity contribution in [3.63, 3.8) is 0 Å². The summed E-state index contributed by atoms with van der Waals surface area (Å²) in [4.78, 5) is 20.2. The van der Waals surface area contributed by atoms with Crippen molar-refractivity contribution in [1.29, 1.82) is 0 Å². The highest BCUT2D eigenvalue weighted by Gasteiger charge is 2.30. The molecule has 3 rings (SSSR count). The molecular weight excluding hydrogens is 503 g/mol. The number of ether oxygens (including phenoxy) is 1. The first kappa shape index (κ1) is 22.6. The third-order valence-corrected chi connectivity index (χ3v) is 4.68. The molecule has 0 aliphatic carbocycles. The maximum Gasteiger partial charge on any atom is 0.416 e. The second-order valence-electron chi connectivity index (χ2n) is 6.02. The zero-order valence-electron chi connectivity index (χ0n) is 15.7. The number of aromatic nitrogens is 2. The largest absolute Gasteiger partial charge is 0.436 e. The van der Waals surface area contributed by atoms with Gasteiger partial charge in [0.1, 0.15) is 12.1 Å². The van der Waals surface area contributed by atoms with Gasteiger partial charge in [-0.1, -0.05) is 17.7 Å². The lowest BCUT2D eigenvalue weighted by molar-refractivity contribution is -0.137. The summed E-state index contributed by atoms with van der Waals surface area (Å²) in [6, 6.07) is 8.06. The summed E-state index contributed by atoms with van der Waals surface area (Å²) in [5.74, 6) is 1.04. The molecule has 12 heteroatoms. The van der Waals surface area contributed by atoms with Gasteiger partial charge in [-0.3, -0.25) is 0 Å². The number of alkyl halides is 3. The van der Waals surface area contributed by atoms with E-state index in [0.29, 0.717) is 10.3 Å². The first-order valence-corrected chi connectivity index (χ1v) is 9.75. The van der Waals surface area contributed by atoms with Gasteiger partial charge in [-0.05, 0) is 46.3 Å². The molecule has 0 aliphatic rings. The van der Waals surface area contributed by atoms with Crippen molar-refractivity contribution in [1.82, 2.24) is 9.97 Å². The van der Waals surface area contributed by atoms with Crippen molar-refractivity contribution in [3.8, 4) is 11.6 Å². The Balaban J connectivity index is 1.72. The molecule has 2 amide bonds. The van der Waals surface area contributed by atoms with Crippen LogP contribution in [0.2, 0.25) is 5.02 Å². The summed E-state index contributed by atoms with van der Waals surface area (Å²) in [7, 11) is 1.69. The van der Waals surface area contributed by atoms with Gasteiger partial charge in [0.15, 0.2) is 5.75 Å². The van der Waals surface area contributed by atoms with E-state index in [0.717, 1.165) is 12.1 Å². The molecule has 0 bridgehead atoms. The van der Waals surface area contributed by atoms with Crippen molar-refractivity contribution in [3.05, 3.63) is 63.9 Å². The number of hydrogen-bond donors (Lipinski definition) is 3. The fourth-order valence-corrected chi connectivity index (χ4v) is 3.35. The Kier molecular flexibility index (Phi) is 6.86. The standard InChI is InChI=1S/C19H14BrClF3N5O2/c1-25-15-8-16(27-9-26-15)31-17-13(20)6-12(7-14(17)21)29-18(30)28-11-4-2-3-10(5-11)19(22,23)24/h2-9H,1H3,(H,25,26,27)(H2,28,29,30). The number of rotatable bonds is 5. The number of carbonyl (C=O) groups is 1. The van der Waals surface area contributed by atoms with E-state index < -0.39 is 17.8 Å². The normalized spacial score (nSPS) is 11.0. The first-order valence-electron chi connectivity index (χ1n) is 8.57. The maximum atomic E-state index is 12.8. The number of hydrogen-bond acceptors (Lipinski definition) is 5. The monoisotopic (exact) mass is 515 g/mol. The Morgan fingerprint density at radius 3 is 2.52 bits per heavy atom. The third-order valence-electron chi connectivity index (χ3n) is 3.81. The topological polar surface area (TPSA) is 88.2 Å². The van der Waals surface area contributed by atoms with E-state index in [2.05, 4.69) is 41.8 Å². The minimum Gasteiger partial charge on any atom is -0.436 e. The van der Waals surface area contributed by atoms with E-state index in [1.807, 2.05) is 0 Å². The first-order chi connectivity index (χ1) is 14.7. The van der Waals surface area contributed by atoms with Gasteiger partial charge in [-0.15, -0.1) is 0 Å². The van der Waals surface area contributed by atoms with Gasteiger partial charge in [-0.2, -0.15) is 13.2 Å². The lowest BCUT2D eigenvalue weighted by atomic mass is 10.2. The Bertz CT molecular complexity index is 1090. The van der Waals surface area contributed by atoms with Gasteiger partial charge in [0, 0.05) is 24.5 Å². The Morgan fingerprint density at radius 2 is 1.84 bits per heavy atom. The highest BCUT2D eigenvalue weighted by molar-refractivity contribution is 9.10. The minimum atomic E-state index is -4.51. The number of nitrogens with zero attached hydrogens (tertiary/aromatic N) is 2. The van der Waals surface area contributed by atoms with Crippen LogP contribution in [0.15, 0.2) is 53.3 Å². The number of amides is 2. The summed E-state index contributed by atoms with van der Waals surface area (Å²) < 4.78 is 44.5. The molecule has 162 valence electrons. The number of halogens is 5. The molecule has 0 unspecified atom stereocenters. The molecule has 2 aromatic carbocycles. The Hall–Kier alpha value is -3.05. The smallest absolute Gasteiger partial charge is 0.416 e. The number of carbonyl (C=O) groups excluding carboxylic acids is 1. The van der Waals surface area contributed by atoms with Crippen molar-refractivity contribution in [2.75, 3.05) is 23.0 Å². The van der Waals surface area contributed by atoms with E-state index in [1.165, 1.54) is 30.6 Å². The van der Waals surface area contributed by atoms with E-state index >= 15 is 0 Å². The number of nitrogens with one attached hydrogen (secondary N) is 3. The number of anilines is 3. The SMILES string of the molecule is CNc1cc(Oc2c(Cl)cc(NC(=O)Nc3cccc(C(F)(F)F)c3)cc2Br)ncn1. The minimum absolute atomic E-state index is 0.0125. The van der Waals surface area contributed by atoms with Crippen molar-refractivity contribution in [2.45, 2.75) is 6.18 Å². The quantitative estimate of drug-likeness (QED) is 0.366. The van der Waals surface area contributed by atoms with Crippen molar-refractivity contribution in [2.24, 2.45) is 0 Å². The maximum absolute atomic E-state index is 12.8. The van der Waals surface area contributed by atoms with Crippen LogP contribution in [0.3, 0.4) is 0 Å². The fraction of sp³-hybridized carbons (Fsp3) is 0.105. The highest BCUT2D eigenvalue weighted by atomic mass is 79.9. The van der Waals surface area contributed by atoms with E-state index in [-0.39, 0.29) is 28.0 Å². The lowest BCUT2D eigenvalue weighted by Crippen LogP contribution is -2.19. The van der Waals surface area contributed by atoms with Crippen LogP contribution >= 0.6 is 27.5 Å². The molecule has 7 nitrogen and oxygen atoms in total. The van der Waals surface area contributed by atoms with E-state index in [9.17, 15) is 18.0 Å². The van der Waals surface area contributed by atoms with Gasteiger partial charge in [0.2, 0.25) is 5.88 Å². The number of benzene rings is 2. The third kappa shape index (κ3) is 5.98. The van der Waals surface area contributed by atoms with Crippen LogP contribution in [0.1, 0.15) is 5.56 Å². The molecule has 1 aromatic heterocycles. The molecule has 3 N–H and O–H groups in total. The highest BCUT2D eigenvalue weighted by Crippen LogP contribution is 2.39. The predicted molar refractivity (Wildman–Crippen MR) is 115 cm³/mol. The van der Waals surface area contributed by atoms with Crippen LogP contribution in [-0.2, 0) is 6.18 Å². The Morgan fingerprint density at radius 1 is 1.10 bits per heavy atom. The van der Waals surface area contributed by atoms with Crippen LogP contribution in [0, 0.1) is 0 Å². The van der Waals surface area contributed by atoms with Crippen LogP contribution < -0.4 is 20.7 Å². The lowest BCUT2D eigenvalue weighted by Gasteiger charge is -2.13. The van der Waals surface area contributed by atoms with E-state index in [1.54, 1.807) is 13.1 Å². The molecule has 0 spiro atoms. The molecule has 0 saturated heterocycles. The molecule has 0 fully saturated rings. The molecule has 1 heterocycles. The zero-order valence-corrected chi connectivity index (χ0v) is 18.1. The van der Waals surface area contributed by atoms with Crippen LogP contribution in [-0.4, -0.2) is 23.0 Å². The molecular formula is C19H14BrClF3N5O2. The van der Waals surface area contributed by atoms with Gasteiger partial charge in [0.25, 0.3) is 0 Å². The van der Waals surface area contributed by atoms with Crippen LogP contribution in [0.25, 0.3) is 0 Å². The predicted octanol–water partition coefficient (Wildman–Crippen LogP) is 6.39. The van der Waals surface area contributed by atoms with Crippen LogP contribution in [0.5, 0.6) is 11.6 Å². The molecule has 0 saturated carbocycles.